The van der Waals surface area contributed by atoms with Crippen LogP contribution < -0.4 is 9.64 Å². The van der Waals surface area contributed by atoms with Crippen LogP contribution in [0.5, 0.6) is 5.75 Å². The molecule has 0 bridgehead atoms. The molecule has 1 unspecified atom stereocenters. The van der Waals surface area contributed by atoms with Crippen molar-refractivity contribution in [2.45, 2.75) is 13.3 Å². The zero-order valence-corrected chi connectivity index (χ0v) is 15.9. The fourth-order valence-corrected chi connectivity index (χ4v) is 4.10. The Morgan fingerprint density at radius 1 is 1.00 bits per heavy atom. The predicted molar refractivity (Wildman–Crippen MR) is 107 cm³/mol. The molecule has 1 saturated heterocycles. The molecular formula is C22H23N5O. The molecule has 1 saturated carbocycles. The molecule has 5 rings (SSSR count). The Kier molecular flexibility index (Phi) is 4.39. The van der Waals surface area contributed by atoms with Gasteiger partial charge in [0.05, 0.1) is 18.5 Å². The molecule has 2 aliphatic rings. The number of piperidine rings is 1. The van der Waals surface area contributed by atoms with Crippen LogP contribution in [-0.2, 0) is 6.42 Å². The SMILES string of the molecule is CCc1cnc(N2C[C@@H]3C(COc4ccc(-c5cccnc5)nc4)[C@@H]3C2)nc1. The van der Waals surface area contributed by atoms with Crippen molar-refractivity contribution in [2.75, 3.05) is 24.6 Å². The van der Waals surface area contributed by atoms with Crippen molar-refractivity contribution >= 4 is 5.95 Å². The Morgan fingerprint density at radius 3 is 2.46 bits per heavy atom. The predicted octanol–water partition coefficient (Wildman–Crippen LogP) is 3.26. The number of aryl methyl sites for hydroxylation is 1. The van der Waals surface area contributed by atoms with E-state index in [1.807, 2.05) is 42.9 Å². The van der Waals surface area contributed by atoms with E-state index in [2.05, 4.69) is 31.8 Å². The lowest BCUT2D eigenvalue weighted by molar-refractivity contribution is 0.282. The first-order valence-corrected chi connectivity index (χ1v) is 9.87. The number of fused-ring (bicyclic) bond motifs is 1. The largest absolute Gasteiger partial charge is 0.492 e. The minimum Gasteiger partial charge on any atom is -0.492 e. The summed E-state index contributed by atoms with van der Waals surface area (Å²) in [5.74, 6) is 3.70. The lowest BCUT2D eigenvalue weighted by atomic mass is 10.2. The van der Waals surface area contributed by atoms with E-state index in [1.54, 1.807) is 12.4 Å². The van der Waals surface area contributed by atoms with Gasteiger partial charge in [0.1, 0.15) is 5.75 Å². The fraction of sp³-hybridized carbons (Fsp3) is 0.364. The van der Waals surface area contributed by atoms with E-state index < -0.39 is 0 Å². The van der Waals surface area contributed by atoms with Crippen LogP contribution in [0.1, 0.15) is 12.5 Å². The lowest BCUT2D eigenvalue weighted by Crippen LogP contribution is -2.27. The van der Waals surface area contributed by atoms with E-state index in [0.29, 0.717) is 17.8 Å². The number of nitrogens with zero attached hydrogens (tertiary/aromatic N) is 5. The summed E-state index contributed by atoms with van der Waals surface area (Å²) in [6, 6.07) is 7.90. The summed E-state index contributed by atoms with van der Waals surface area (Å²) in [5, 5.41) is 0. The molecule has 3 aromatic heterocycles. The Morgan fingerprint density at radius 2 is 1.82 bits per heavy atom. The van der Waals surface area contributed by atoms with Crippen LogP contribution in [0.3, 0.4) is 0 Å². The van der Waals surface area contributed by atoms with Crippen molar-refractivity contribution in [1.29, 1.82) is 0 Å². The van der Waals surface area contributed by atoms with Gasteiger partial charge in [-0.05, 0) is 48.1 Å². The Labute approximate surface area is 164 Å². The maximum atomic E-state index is 6.00. The van der Waals surface area contributed by atoms with Gasteiger partial charge in [0.2, 0.25) is 5.95 Å². The fourth-order valence-electron chi connectivity index (χ4n) is 4.10. The molecule has 1 aliphatic heterocycles. The number of aromatic nitrogens is 4. The van der Waals surface area contributed by atoms with Crippen molar-refractivity contribution in [3.63, 3.8) is 0 Å². The average Bonchev–Trinajstić information content (AvgIpc) is 3.22. The number of anilines is 1. The molecule has 142 valence electrons. The van der Waals surface area contributed by atoms with Gasteiger partial charge in [-0.15, -0.1) is 0 Å². The standard InChI is InChI=1S/C22H23N5O/c1-2-15-8-25-22(26-9-15)27-12-18-19(13-27)20(18)14-28-17-5-6-21(24-11-17)16-4-3-7-23-10-16/h3-11,18-20H,2,12-14H2,1H3/t18-,19+,20?. The van der Waals surface area contributed by atoms with Gasteiger partial charge in [-0.2, -0.15) is 0 Å². The van der Waals surface area contributed by atoms with Crippen molar-refractivity contribution in [1.82, 2.24) is 19.9 Å². The van der Waals surface area contributed by atoms with Gasteiger partial charge in [0.25, 0.3) is 0 Å². The highest BCUT2D eigenvalue weighted by atomic mass is 16.5. The molecular weight excluding hydrogens is 350 g/mol. The second kappa shape index (κ2) is 7.19. The molecule has 0 aromatic carbocycles. The van der Waals surface area contributed by atoms with Crippen LogP contribution in [0, 0.1) is 17.8 Å². The highest BCUT2D eigenvalue weighted by molar-refractivity contribution is 5.57. The van der Waals surface area contributed by atoms with E-state index in [0.717, 1.165) is 49.1 Å². The summed E-state index contributed by atoms with van der Waals surface area (Å²) in [6.07, 6.45) is 10.2. The zero-order chi connectivity index (χ0) is 18.9. The van der Waals surface area contributed by atoms with Gasteiger partial charge in [-0.1, -0.05) is 6.92 Å². The summed E-state index contributed by atoms with van der Waals surface area (Å²) in [4.78, 5) is 20.0. The van der Waals surface area contributed by atoms with Gasteiger partial charge in [0.15, 0.2) is 0 Å². The quantitative estimate of drug-likeness (QED) is 0.661. The van der Waals surface area contributed by atoms with E-state index in [9.17, 15) is 0 Å². The topological polar surface area (TPSA) is 64.0 Å². The maximum Gasteiger partial charge on any atom is 0.225 e. The van der Waals surface area contributed by atoms with E-state index in [1.165, 1.54) is 5.56 Å². The number of pyridine rings is 2. The third-order valence-electron chi connectivity index (χ3n) is 5.89. The normalized spacial score (nSPS) is 22.8. The summed E-state index contributed by atoms with van der Waals surface area (Å²) in [5.41, 5.74) is 3.11. The van der Waals surface area contributed by atoms with E-state index in [4.69, 9.17) is 4.74 Å². The van der Waals surface area contributed by atoms with Crippen LogP contribution in [0.15, 0.2) is 55.2 Å². The summed E-state index contributed by atoms with van der Waals surface area (Å²) >= 11 is 0. The summed E-state index contributed by atoms with van der Waals surface area (Å²) in [7, 11) is 0. The van der Waals surface area contributed by atoms with Crippen molar-refractivity contribution in [2.24, 2.45) is 17.8 Å². The number of hydrogen-bond acceptors (Lipinski definition) is 6. The molecule has 3 aromatic rings. The third kappa shape index (κ3) is 3.30. The highest BCUT2D eigenvalue weighted by Gasteiger charge is 2.56. The second-order valence-corrected chi connectivity index (χ2v) is 7.57. The highest BCUT2D eigenvalue weighted by Crippen LogP contribution is 2.52. The number of ether oxygens (including phenoxy) is 1. The molecule has 0 spiro atoms. The molecule has 6 nitrogen and oxygen atoms in total. The molecule has 3 atom stereocenters. The molecule has 0 N–H and O–H groups in total. The molecule has 0 amide bonds. The van der Waals surface area contributed by atoms with Crippen LogP contribution >= 0.6 is 0 Å². The Hall–Kier alpha value is -3.02. The van der Waals surface area contributed by atoms with Crippen molar-refractivity contribution in [3.8, 4) is 17.0 Å². The smallest absolute Gasteiger partial charge is 0.225 e. The monoisotopic (exact) mass is 373 g/mol. The Balaban J connectivity index is 1.13. The molecule has 6 heteroatoms. The van der Waals surface area contributed by atoms with Gasteiger partial charge >= 0.3 is 0 Å². The number of rotatable bonds is 6. The first kappa shape index (κ1) is 17.1. The van der Waals surface area contributed by atoms with Crippen LogP contribution in [0.2, 0.25) is 0 Å². The third-order valence-corrected chi connectivity index (χ3v) is 5.89. The van der Waals surface area contributed by atoms with Gasteiger partial charge in [-0.3, -0.25) is 9.97 Å². The van der Waals surface area contributed by atoms with Gasteiger partial charge in [0, 0.05) is 49.4 Å². The van der Waals surface area contributed by atoms with Gasteiger partial charge < -0.3 is 9.64 Å². The maximum absolute atomic E-state index is 6.00. The number of hydrogen-bond donors (Lipinski definition) is 0. The molecule has 0 radical (unpaired) electrons. The van der Waals surface area contributed by atoms with Gasteiger partial charge in [-0.25, -0.2) is 9.97 Å². The van der Waals surface area contributed by atoms with Crippen LogP contribution in [0.25, 0.3) is 11.3 Å². The minimum absolute atomic E-state index is 0.629. The van der Waals surface area contributed by atoms with E-state index >= 15 is 0 Å². The minimum atomic E-state index is 0.629. The molecule has 1 aliphatic carbocycles. The first-order chi connectivity index (χ1) is 13.8. The summed E-state index contributed by atoms with van der Waals surface area (Å²) < 4.78 is 6.00. The first-order valence-electron chi connectivity index (χ1n) is 9.87. The van der Waals surface area contributed by atoms with Crippen molar-refractivity contribution < 1.29 is 4.74 Å². The zero-order valence-electron chi connectivity index (χ0n) is 15.9. The molecule has 4 heterocycles. The summed E-state index contributed by atoms with van der Waals surface area (Å²) in [6.45, 7) is 4.94. The van der Waals surface area contributed by atoms with Crippen LogP contribution in [-0.4, -0.2) is 39.6 Å². The van der Waals surface area contributed by atoms with Crippen LogP contribution in [0.4, 0.5) is 5.95 Å². The van der Waals surface area contributed by atoms with E-state index in [-0.39, 0.29) is 0 Å². The second-order valence-electron chi connectivity index (χ2n) is 7.57. The molecule has 2 fully saturated rings. The Bertz CT molecular complexity index is 917. The average molecular weight is 373 g/mol. The lowest BCUT2D eigenvalue weighted by Gasteiger charge is -2.19. The molecule has 28 heavy (non-hydrogen) atoms. The van der Waals surface area contributed by atoms with Crippen molar-refractivity contribution in [3.05, 3.63) is 60.8 Å².